The van der Waals surface area contributed by atoms with Crippen LogP contribution in [0.2, 0.25) is 0 Å². The summed E-state index contributed by atoms with van der Waals surface area (Å²) in [7, 11) is -2.08. The summed E-state index contributed by atoms with van der Waals surface area (Å²) in [5.74, 6) is -0.606. The number of aromatic nitrogens is 1. The van der Waals surface area contributed by atoms with Crippen molar-refractivity contribution in [3.8, 4) is 0 Å². The van der Waals surface area contributed by atoms with Gasteiger partial charge < -0.3 is 10.2 Å². The monoisotopic (exact) mass is 476 g/mol. The molecule has 1 saturated heterocycles. The van der Waals surface area contributed by atoms with Gasteiger partial charge in [-0.15, -0.1) is 11.3 Å². The molecule has 1 aliphatic carbocycles. The van der Waals surface area contributed by atoms with Crippen LogP contribution in [0.1, 0.15) is 55.3 Å². The molecule has 2 fully saturated rings. The minimum atomic E-state index is -3.71. The lowest BCUT2D eigenvalue weighted by atomic mass is 9.96. The number of hydrogen-bond acceptors (Lipinski definition) is 6. The number of sulfonamides is 1. The first-order chi connectivity index (χ1) is 15.4. The highest BCUT2D eigenvalue weighted by molar-refractivity contribution is 7.89. The van der Waals surface area contributed by atoms with Crippen molar-refractivity contribution in [1.29, 1.82) is 0 Å². The van der Waals surface area contributed by atoms with Crippen LogP contribution in [0.5, 0.6) is 0 Å². The highest BCUT2D eigenvalue weighted by atomic mass is 32.2. The molecule has 4 rings (SSSR count). The number of nitrogens with one attached hydrogen (secondary N) is 1. The summed E-state index contributed by atoms with van der Waals surface area (Å²) in [4.78, 5) is 31.6. The van der Waals surface area contributed by atoms with Gasteiger partial charge in [0.2, 0.25) is 15.9 Å². The van der Waals surface area contributed by atoms with E-state index in [4.69, 9.17) is 0 Å². The van der Waals surface area contributed by atoms with Gasteiger partial charge in [0.05, 0.1) is 4.90 Å². The van der Waals surface area contributed by atoms with Gasteiger partial charge in [-0.25, -0.2) is 13.4 Å². The van der Waals surface area contributed by atoms with Crippen LogP contribution in [0.15, 0.2) is 40.7 Å². The fourth-order valence-electron chi connectivity index (χ4n) is 4.52. The zero-order valence-electron chi connectivity index (χ0n) is 18.1. The van der Waals surface area contributed by atoms with E-state index in [0.29, 0.717) is 24.5 Å². The molecule has 10 heteroatoms. The highest BCUT2D eigenvalue weighted by Gasteiger charge is 2.36. The lowest BCUT2D eigenvalue weighted by Gasteiger charge is -2.30. The van der Waals surface area contributed by atoms with Crippen molar-refractivity contribution in [2.75, 3.05) is 18.9 Å². The number of thiazole rings is 1. The predicted octanol–water partition coefficient (Wildman–Crippen LogP) is 3.34. The third kappa shape index (κ3) is 4.72. The van der Waals surface area contributed by atoms with Crippen LogP contribution in [-0.4, -0.2) is 60.1 Å². The van der Waals surface area contributed by atoms with Crippen LogP contribution in [0.25, 0.3) is 0 Å². The summed E-state index contributed by atoms with van der Waals surface area (Å²) in [5.41, 5.74) is 0.275. The first-order valence-electron chi connectivity index (χ1n) is 11.0. The maximum Gasteiger partial charge on any atom is 0.254 e. The smallest absolute Gasteiger partial charge is 0.254 e. The molecule has 2 aliphatic rings. The molecule has 0 spiro atoms. The molecule has 1 unspecified atom stereocenters. The summed E-state index contributed by atoms with van der Waals surface area (Å²) in [6.45, 7) is 0.452. The predicted molar refractivity (Wildman–Crippen MR) is 123 cm³/mol. The van der Waals surface area contributed by atoms with Crippen molar-refractivity contribution < 1.29 is 18.0 Å². The van der Waals surface area contributed by atoms with E-state index in [-0.39, 0.29) is 28.3 Å². The van der Waals surface area contributed by atoms with Gasteiger partial charge in [0.25, 0.3) is 5.91 Å². The second-order valence-electron chi connectivity index (χ2n) is 8.32. The van der Waals surface area contributed by atoms with Gasteiger partial charge in [-0.05, 0) is 43.9 Å². The molecule has 1 N–H and O–H groups in total. The van der Waals surface area contributed by atoms with E-state index in [1.54, 1.807) is 30.8 Å². The van der Waals surface area contributed by atoms with E-state index < -0.39 is 16.1 Å². The molecule has 8 nitrogen and oxygen atoms in total. The number of anilines is 1. The molecule has 172 valence electrons. The molecule has 32 heavy (non-hydrogen) atoms. The Bertz CT molecular complexity index is 1070. The van der Waals surface area contributed by atoms with Crippen LogP contribution in [0.3, 0.4) is 0 Å². The highest BCUT2D eigenvalue weighted by Crippen LogP contribution is 2.28. The van der Waals surface area contributed by atoms with E-state index in [1.165, 1.54) is 32.7 Å². The Morgan fingerprint density at radius 3 is 2.66 bits per heavy atom. The second-order valence-corrected chi connectivity index (χ2v) is 11.2. The van der Waals surface area contributed by atoms with E-state index in [2.05, 4.69) is 10.3 Å². The number of benzene rings is 1. The Morgan fingerprint density at radius 2 is 1.94 bits per heavy atom. The lowest BCUT2D eigenvalue weighted by molar-refractivity contribution is -0.119. The van der Waals surface area contributed by atoms with Gasteiger partial charge in [0.15, 0.2) is 5.13 Å². The first kappa shape index (κ1) is 22.9. The number of hydrogen-bond donors (Lipinski definition) is 1. The zero-order chi connectivity index (χ0) is 22.7. The molecule has 0 radical (unpaired) electrons. The van der Waals surface area contributed by atoms with E-state index in [9.17, 15) is 18.0 Å². The van der Waals surface area contributed by atoms with Gasteiger partial charge in [-0.2, -0.15) is 4.31 Å². The Kier molecular flexibility index (Phi) is 6.92. The zero-order valence-corrected chi connectivity index (χ0v) is 19.7. The van der Waals surface area contributed by atoms with Crippen LogP contribution < -0.4 is 5.32 Å². The Balaban J connectivity index is 1.51. The largest absolute Gasteiger partial charge is 0.327 e. The minimum Gasteiger partial charge on any atom is -0.327 e. The normalized spacial score (nSPS) is 19.9. The third-order valence-corrected chi connectivity index (χ3v) is 8.92. The molecular formula is C22H28N4O4S2. The van der Waals surface area contributed by atoms with Crippen LogP contribution >= 0.6 is 11.3 Å². The first-order valence-corrected chi connectivity index (χ1v) is 13.3. The average molecular weight is 477 g/mol. The van der Waals surface area contributed by atoms with E-state index >= 15 is 0 Å². The van der Waals surface area contributed by atoms with Gasteiger partial charge in [0.1, 0.15) is 6.04 Å². The minimum absolute atomic E-state index is 0.00868. The van der Waals surface area contributed by atoms with Gasteiger partial charge in [-0.1, -0.05) is 25.3 Å². The molecule has 1 aromatic heterocycles. The Labute approximate surface area is 192 Å². The molecule has 1 aliphatic heterocycles. The Morgan fingerprint density at radius 1 is 1.16 bits per heavy atom. The molecule has 2 heterocycles. The third-order valence-electron chi connectivity index (χ3n) is 6.33. The summed E-state index contributed by atoms with van der Waals surface area (Å²) in [5, 5.41) is 5.02. The molecule has 2 amide bonds. The van der Waals surface area contributed by atoms with Crippen molar-refractivity contribution in [2.24, 2.45) is 0 Å². The molecule has 0 bridgehead atoms. The fourth-order valence-corrected chi connectivity index (χ4v) is 6.51. The van der Waals surface area contributed by atoms with Crippen LogP contribution in [-0.2, 0) is 14.8 Å². The number of likely N-dealkylation sites (tertiary alicyclic amines) is 1. The van der Waals surface area contributed by atoms with E-state index in [1.807, 2.05) is 0 Å². The molecular weight excluding hydrogens is 448 g/mol. The summed E-state index contributed by atoms with van der Waals surface area (Å²) in [6, 6.07) is 5.56. The fraction of sp³-hybridized carbons (Fsp3) is 0.500. The second kappa shape index (κ2) is 9.68. The number of rotatable bonds is 6. The number of nitrogens with zero attached hydrogens (tertiary/aromatic N) is 3. The summed E-state index contributed by atoms with van der Waals surface area (Å²) < 4.78 is 27.9. The molecule has 1 atom stereocenters. The lowest BCUT2D eigenvalue weighted by Crippen LogP contribution is -2.43. The standard InChI is InChI=1S/C22H28N4O4S2/c1-25(17-8-3-2-4-9-17)32(29,30)18-10-5-7-16(15-18)21(28)26-13-6-11-19(26)20(27)24-22-23-12-14-31-22/h5,7,10,12,14-15,17,19H,2-4,6,8-9,11,13H2,1H3,(H,23,24,27). The summed E-state index contributed by atoms with van der Waals surface area (Å²) >= 11 is 1.32. The number of amides is 2. The quantitative estimate of drug-likeness (QED) is 0.689. The molecule has 1 aromatic carbocycles. The topological polar surface area (TPSA) is 99.7 Å². The molecule has 1 saturated carbocycles. The van der Waals surface area contributed by atoms with Crippen molar-refractivity contribution in [2.45, 2.75) is 61.9 Å². The summed E-state index contributed by atoms with van der Waals surface area (Å²) in [6.07, 6.45) is 7.80. The van der Waals surface area contributed by atoms with Gasteiger partial charge in [-0.3, -0.25) is 9.59 Å². The average Bonchev–Trinajstić information content (AvgIpc) is 3.51. The van der Waals surface area contributed by atoms with Crippen molar-refractivity contribution in [3.63, 3.8) is 0 Å². The van der Waals surface area contributed by atoms with Crippen molar-refractivity contribution >= 4 is 38.3 Å². The Hall–Kier alpha value is -2.30. The maximum absolute atomic E-state index is 13.2. The SMILES string of the molecule is CN(C1CCCCC1)S(=O)(=O)c1cccc(C(=O)N2CCCC2C(=O)Nc2nccs2)c1. The van der Waals surface area contributed by atoms with Crippen LogP contribution in [0.4, 0.5) is 5.13 Å². The number of carbonyl (C=O) groups excluding carboxylic acids is 2. The van der Waals surface area contributed by atoms with Gasteiger partial charge in [0, 0.05) is 36.8 Å². The van der Waals surface area contributed by atoms with Crippen LogP contribution in [0, 0.1) is 0 Å². The van der Waals surface area contributed by atoms with Crippen molar-refractivity contribution in [1.82, 2.24) is 14.2 Å². The molecule has 2 aromatic rings. The van der Waals surface area contributed by atoms with Gasteiger partial charge >= 0.3 is 0 Å². The maximum atomic E-state index is 13.2. The van der Waals surface area contributed by atoms with Crippen molar-refractivity contribution in [3.05, 3.63) is 41.4 Å². The number of carbonyl (C=O) groups is 2. The van der Waals surface area contributed by atoms with E-state index in [0.717, 1.165) is 32.1 Å².